The number of pyridine rings is 1. The Balaban J connectivity index is 1.50. The molecule has 0 spiro atoms. The quantitative estimate of drug-likeness (QED) is 0.526. The Morgan fingerprint density at radius 2 is 1.50 bits per heavy atom. The molecule has 4 heteroatoms. The van der Waals surface area contributed by atoms with Gasteiger partial charge in [-0.25, -0.2) is 4.57 Å². The first-order valence-electron chi connectivity index (χ1n) is 8.45. The second-order valence-corrected chi connectivity index (χ2v) is 6.94. The van der Waals surface area contributed by atoms with Crippen LogP contribution < -0.4 is 10.3 Å². The lowest BCUT2D eigenvalue weighted by atomic mass is 10.1. The largest absolute Gasteiger partial charge is 0.399 e. The third kappa shape index (κ3) is 5.33. The average Bonchev–Trinajstić information content (AvgIpc) is 2.69. The fourth-order valence-corrected chi connectivity index (χ4v) is 3.22. The van der Waals surface area contributed by atoms with Crippen molar-refractivity contribution in [3.05, 3.63) is 95.8 Å². The molecule has 0 aliphatic rings. The Bertz CT molecular complexity index is 872. The van der Waals surface area contributed by atoms with Crippen molar-refractivity contribution in [1.29, 1.82) is 0 Å². The van der Waals surface area contributed by atoms with E-state index in [2.05, 4.69) is 28.9 Å². The van der Waals surface area contributed by atoms with Crippen molar-refractivity contribution in [1.82, 2.24) is 0 Å². The highest BCUT2D eigenvalue weighted by Gasteiger charge is 2.07. The molecule has 1 heterocycles. The van der Waals surface area contributed by atoms with Gasteiger partial charge in [-0.15, -0.1) is 0 Å². The van der Waals surface area contributed by atoms with Gasteiger partial charge in [0.1, 0.15) is 0 Å². The molecule has 3 nitrogen and oxygen atoms in total. The Morgan fingerprint density at radius 1 is 0.885 bits per heavy atom. The van der Waals surface area contributed by atoms with Crippen molar-refractivity contribution in [2.24, 2.45) is 0 Å². The number of nitrogens with zero attached hydrogens (tertiary/aromatic N) is 1. The number of thioether (sulfide) groups is 1. The molecule has 0 fully saturated rings. The van der Waals surface area contributed by atoms with E-state index in [0.29, 0.717) is 0 Å². The van der Waals surface area contributed by atoms with Gasteiger partial charge in [0.05, 0.1) is 5.75 Å². The fraction of sp³-hybridized carbons (Fsp3) is 0.0909. The lowest BCUT2D eigenvalue weighted by Gasteiger charge is -2.00. The molecule has 2 aromatic carbocycles. The normalized spacial score (nSPS) is 10.9. The monoisotopic (exact) mass is 361 g/mol. The second-order valence-electron chi connectivity index (χ2n) is 5.87. The van der Waals surface area contributed by atoms with E-state index >= 15 is 0 Å². The van der Waals surface area contributed by atoms with E-state index in [0.717, 1.165) is 34.7 Å². The van der Waals surface area contributed by atoms with Crippen molar-refractivity contribution >= 4 is 34.7 Å². The molecule has 0 aliphatic carbocycles. The van der Waals surface area contributed by atoms with Gasteiger partial charge in [-0.2, -0.15) is 0 Å². The van der Waals surface area contributed by atoms with Gasteiger partial charge in [0.2, 0.25) is 5.12 Å². The van der Waals surface area contributed by atoms with E-state index in [-0.39, 0.29) is 5.12 Å². The van der Waals surface area contributed by atoms with Gasteiger partial charge in [-0.3, -0.25) is 4.79 Å². The number of benzene rings is 2. The molecule has 0 amide bonds. The maximum atomic E-state index is 12.1. The molecule has 130 valence electrons. The summed E-state index contributed by atoms with van der Waals surface area (Å²) in [6.45, 7) is 0.797. The van der Waals surface area contributed by atoms with Crippen LogP contribution in [0.15, 0.2) is 79.1 Å². The Kier molecular flexibility index (Phi) is 6.23. The molecule has 0 saturated carbocycles. The summed E-state index contributed by atoms with van der Waals surface area (Å²) in [5, 5.41) is 0.120. The number of carbonyl (C=O) groups is 1. The van der Waals surface area contributed by atoms with E-state index in [4.69, 9.17) is 5.73 Å². The van der Waals surface area contributed by atoms with Crippen molar-refractivity contribution in [3.8, 4) is 0 Å². The average molecular weight is 361 g/mol. The molecule has 2 N–H and O–H groups in total. The number of rotatable bonds is 6. The molecule has 0 atom stereocenters. The third-order valence-electron chi connectivity index (χ3n) is 3.91. The summed E-state index contributed by atoms with van der Waals surface area (Å²) in [7, 11) is 0. The Morgan fingerprint density at radius 3 is 2.15 bits per heavy atom. The van der Waals surface area contributed by atoms with Gasteiger partial charge in [-0.05, 0) is 23.3 Å². The minimum Gasteiger partial charge on any atom is -0.399 e. The van der Waals surface area contributed by atoms with Gasteiger partial charge < -0.3 is 5.73 Å². The summed E-state index contributed by atoms with van der Waals surface area (Å²) >= 11 is 1.35. The first-order chi connectivity index (χ1) is 12.7. The predicted octanol–water partition coefficient (Wildman–Crippen LogP) is 4.30. The molecule has 0 unspecified atom stereocenters. The zero-order chi connectivity index (χ0) is 18.2. The van der Waals surface area contributed by atoms with Crippen molar-refractivity contribution in [3.63, 3.8) is 0 Å². The highest BCUT2D eigenvalue weighted by atomic mass is 32.2. The van der Waals surface area contributed by atoms with Crippen LogP contribution in [0.25, 0.3) is 12.2 Å². The number of anilines is 1. The summed E-state index contributed by atoms with van der Waals surface area (Å²) in [6.07, 6.45) is 8.21. The van der Waals surface area contributed by atoms with Crippen LogP contribution in [-0.2, 0) is 6.54 Å². The van der Waals surface area contributed by atoms with Crippen molar-refractivity contribution in [2.45, 2.75) is 6.54 Å². The minimum absolute atomic E-state index is 0.120. The maximum absolute atomic E-state index is 12.1. The number of hydrogen-bond acceptors (Lipinski definition) is 3. The van der Waals surface area contributed by atoms with Crippen LogP contribution >= 0.6 is 11.8 Å². The predicted molar refractivity (Wildman–Crippen MR) is 110 cm³/mol. The first kappa shape index (κ1) is 18.0. The molecular formula is C22H21N2OS+. The lowest BCUT2D eigenvalue weighted by Crippen LogP contribution is -2.34. The SMILES string of the molecule is Nc1ccc(/C=C/c2cc[n+](CCSC(=O)c3ccccc3)cc2)cc1. The number of nitrogen functional groups attached to an aromatic ring is 1. The van der Waals surface area contributed by atoms with E-state index in [1.165, 1.54) is 11.8 Å². The van der Waals surface area contributed by atoms with Crippen LogP contribution in [0.2, 0.25) is 0 Å². The molecule has 0 aliphatic heterocycles. The maximum Gasteiger partial charge on any atom is 0.219 e. The van der Waals surface area contributed by atoms with Crippen molar-refractivity contribution < 1.29 is 9.36 Å². The first-order valence-corrected chi connectivity index (χ1v) is 9.44. The third-order valence-corrected chi connectivity index (χ3v) is 4.80. The molecular weight excluding hydrogens is 340 g/mol. The van der Waals surface area contributed by atoms with E-state index in [1.807, 2.05) is 67.0 Å². The minimum atomic E-state index is 0.120. The van der Waals surface area contributed by atoms with Gasteiger partial charge in [-0.1, -0.05) is 66.4 Å². The molecule has 3 rings (SSSR count). The topological polar surface area (TPSA) is 47.0 Å². The van der Waals surface area contributed by atoms with E-state index < -0.39 is 0 Å². The number of aromatic nitrogens is 1. The van der Waals surface area contributed by atoms with Crippen LogP contribution in [0, 0.1) is 0 Å². The zero-order valence-electron chi connectivity index (χ0n) is 14.4. The Labute approximate surface area is 158 Å². The summed E-state index contributed by atoms with van der Waals surface area (Å²) in [5.74, 6) is 0.749. The van der Waals surface area contributed by atoms with Crippen LogP contribution in [0.3, 0.4) is 0 Å². The molecule has 0 radical (unpaired) electrons. The molecule has 0 saturated heterocycles. The molecule has 26 heavy (non-hydrogen) atoms. The summed E-state index contributed by atoms with van der Waals surface area (Å²) in [5.41, 5.74) is 9.47. The van der Waals surface area contributed by atoms with Crippen LogP contribution in [0.1, 0.15) is 21.5 Å². The standard InChI is InChI=1S/C22H20N2OS/c23-21-10-8-18(9-11-21)6-7-19-12-14-24(15-13-19)16-17-26-22(25)20-4-2-1-3-5-20/h1-15,23H,16-17H2/p+1. The van der Waals surface area contributed by atoms with Gasteiger partial charge >= 0.3 is 0 Å². The van der Waals surface area contributed by atoms with E-state index in [1.54, 1.807) is 0 Å². The van der Waals surface area contributed by atoms with E-state index in [9.17, 15) is 4.79 Å². The number of nitrogens with two attached hydrogens (primary N) is 1. The summed E-state index contributed by atoms with van der Waals surface area (Å²) in [4.78, 5) is 12.1. The highest BCUT2D eigenvalue weighted by Crippen LogP contribution is 2.12. The smallest absolute Gasteiger partial charge is 0.219 e. The lowest BCUT2D eigenvalue weighted by molar-refractivity contribution is -0.692. The van der Waals surface area contributed by atoms with Gasteiger partial charge in [0.15, 0.2) is 18.9 Å². The second kappa shape index (κ2) is 9.02. The highest BCUT2D eigenvalue weighted by molar-refractivity contribution is 8.14. The summed E-state index contributed by atoms with van der Waals surface area (Å²) < 4.78 is 2.09. The fourth-order valence-electron chi connectivity index (χ4n) is 2.43. The number of hydrogen-bond donors (Lipinski definition) is 1. The zero-order valence-corrected chi connectivity index (χ0v) is 15.2. The Hall–Kier alpha value is -2.85. The van der Waals surface area contributed by atoms with Crippen LogP contribution in [0.5, 0.6) is 0 Å². The van der Waals surface area contributed by atoms with Crippen LogP contribution in [-0.4, -0.2) is 10.9 Å². The van der Waals surface area contributed by atoms with Crippen molar-refractivity contribution in [2.75, 3.05) is 11.5 Å². The molecule has 3 aromatic rings. The van der Waals surface area contributed by atoms with Gasteiger partial charge in [0.25, 0.3) is 0 Å². The van der Waals surface area contributed by atoms with Gasteiger partial charge in [0, 0.05) is 23.4 Å². The summed E-state index contributed by atoms with van der Waals surface area (Å²) in [6, 6.07) is 21.3. The molecule has 1 aromatic heterocycles. The van der Waals surface area contributed by atoms with Crippen LogP contribution in [0.4, 0.5) is 5.69 Å². The number of aryl methyl sites for hydroxylation is 1. The number of carbonyl (C=O) groups excluding carboxylic acids is 1. The molecule has 0 bridgehead atoms.